The summed E-state index contributed by atoms with van der Waals surface area (Å²) in [4.78, 5) is 13.7. The van der Waals surface area contributed by atoms with E-state index in [9.17, 15) is 22.4 Å². The molecule has 1 aromatic carbocycles. The maximum atomic E-state index is 13.3. The highest BCUT2D eigenvalue weighted by Gasteiger charge is 2.36. The molecule has 1 aliphatic rings. The Morgan fingerprint density at radius 2 is 2.05 bits per heavy atom. The zero-order chi connectivity index (χ0) is 15.8. The van der Waals surface area contributed by atoms with E-state index in [2.05, 4.69) is 0 Å². The van der Waals surface area contributed by atoms with Crippen molar-refractivity contribution in [2.45, 2.75) is 19.5 Å². The summed E-state index contributed by atoms with van der Waals surface area (Å²) in [6.45, 7) is 3.06. The molecule has 1 aliphatic heterocycles. The summed E-state index contributed by atoms with van der Waals surface area (Å²) < 4.78 is 51.3. The first-order valence-electron chi connectivity index (χ1n) is 6.52. The molecule has 1 amide bonds. The van der Waals surface area contributed by atoms with Crippen LogP contribution in [0.5, 0.6) is 0 Å². The van der Waals surface area contributed by atoms with Crippen LogP contribution in [0.25, 0.3) is 0 Å². The third-order valence-corrected chi connectivity index (χ3v) is 3.81. The van der Waals surface area contributed by atoms with Crippen molar-refractivity contribution in [2.24, 2.45) is 11.1 Å². The number of carbonyl (C=O) groups is 1. The van der Waals surface area contributed by atoms with Crippen molar-refractivity contribution in [1.82, 2.24) is 4.90 Å². The molecule has 0 radical (unpaired) electrons. The zero-order valence-electron chi connectivity index (χ0n) is 11.5. The van der Waals surface area contributed by atoms with Crippen LogP contribution in [0.1, 0.15) is 29.3 Å². The molecule has 0 aliphatic carbocycles. The van der Waals surface area contributed by atoms with Gasteiger partial charge in [-0.2, -0.15) is 13.2 Å². The highest BCUT2D eigenvalue weighted by atomic mass is 19.4. The number of amides is 1. The molecular weight excluding hydrogens is 288 g/mol. The Morgan fingerprint density at radius 1 is 1.38 bits per heavy atom. The third kappa shape index (κ3) is 3.34. The van der Waals surface area contributed by atoms with Crippen molar-refractivity contribution in [1.29, 1.82) is 0 Å². The van der Waals surface area contributed by atoms with E-state index in [0.29, 0.717) is 38.2 Å². The van der Waals surface area contributed by atoms with Gasteiger partial charge in [-0.05, 0) is 36.6 Å². The summed E-state index contributed by atoms with van der Waals surface area (Å²) in [5.74, 6) is -1.67. The van der Waals surface area contributed by atoms with Crippen LogP contribution >= 0.6 is 0 Å². The van der Waals surface area contributed by atoms with Gasteiger partial charge in [-0.3, -0.25) is 4.79 Å². The van der Waals surface area contributed by atoms with Crippen molar-refractivity contribution in [3.63, 3.8) is 0 Å². The van der Waals surface area contributed by atoms with E-state index in [1.54, 1.807) is 0 Å². The molecule has 7 heteroatoms. The fourth-order valence-corrected chi connectivity index (χ4v) is 2.42. The summed E-state index contributed by atoms with van der Waals surface area (Å²) in [5, 5.41) is 0. The van der Waals surface area contributed by atoms with E-state index in [0.717, 1.165) is 6.07 Å². The minimum Gasteiger partial charge on any atom is -0.338 e. The van der Waals surface area contributed by atoms with Gasteiger partial charge in [0.1, 0.15) is 5.82 Å². The first kappa shape index (κ1) is 15.8. The number of hydrogen-bond donors (Lipinski definition) is 1. The average Bonchev–Trinajstić information content (AvgIpc) is 2.79. The largest absolute Gasteiger partial charge is 0.416 e. The van der Waals surface area contributed by atoms with Gasteiger partial charge in [0, 0.05) is 18.7 Å². The zero-order valence-corrected chi connectivity index (χ0v) is 11.5. The molecule has 1 aromatic rings. The summed E-state index contributed by atoms with van der Waals surface area (Å²) in [6, 6.07) is 1.89. The number of halogens is 4. The molecule has 2 N–H and O–H groups in total. The predicted octanol–water partition coefficient (Wildman–Crippen LogP) is 2.66. The second-order valence-electron chi connectivity index (χ2n) is 5.72. The van der Waals surface area contributed by atoms with Crippen molar-refractivity contribution >= 4 is 5.91 Å². The van der Waals surface area contributed by atoms with Crippen LogP contribution in [0.15, 0.2) is 18.2 Å². The number of alkyl halides is 3. The molecule has 1 atom stereocenters. The average molecular weight is 304 g/mol. The Morgan fingerprint density at radius 3 is 2.57 bits per heavy atom. The fourth-order valence-electron chi connectivity index (χ4n) is 2.42. The van der Waals surface area contributed by atoms with Gasteiger partial charge in [-0.25, -0.2) is 4.39 Å². The van der Waals surface area contributed by atoms with Crippen LogP contribution in [0.2, 0.25) is 0 Å². The third-order valence-electron chi connectivity index (χ3n) is 3.81. The van der Waals surface area contributed by atoms with Gasteiger partial charge in [0.2, 0.25) is 0 Å². The number of rotatable bonds is 2. The van der Waals surface area contributed by atoms with Gasteiger partial charge < -0.3 is 10.6 Å². The summed E-state index contributed by atoms with van der Waals surface area (Å²) in [7, 11) is 0. The molecule has 0 saturated carbocycles. The van der Waals surface area contributed by atoms with Crippen LogP contribution in [-0.2, 0) is 6.18 Å². The molecule has 0 bridgehead atoms. The molecule has 1 saturated heterocycles. The number of likely N-dealkylation sites (tertiary alicyclic amines) is 1. The van der Waals surface area contributed by atoms with E-state index in [1.165, 1.54) is 4.90 Å². The monoisotopic (exact) mass is 304 g/mol. The Labute approximate surface area is 119 Å². The lowest BCUT2D eigenvalue weighted by molar-refractivity contribution is -0.137. The molecule has 2 rings (SSSR count). The first-order chi connectivity index (χ1) is 9.64. The normalized spacial score (nSPS) is 22.7. The van der Waals surface area contributed by atoms with Gasteiger partial charge in [0.25, 0.3) is 5.91 Å². The number of hydrogen-bond acceptors (Lipinski definition) is 2. The standard InChI is InChI=1S/C14H16F4N2O/c1-13(7-19)2-3-20(8-13)12(21)9-4-10(14(16,17)18)6-11(15)5-9/h4-6H,2-3,7-8,19H2,1H3. The van der Waals surface area contributed by atoms with Crippen LogP contribution in [0.4, 0.5) is 17.6 Å². The Bertz CT molecular complexity index is 558. The molecule has 1 heterocycles. The van der Waals surface area contributed by atoms with Crippen LogP contribution in [0, 0.1) is 11.2 Å². The number of benzene rings is 1. The predicted molar refractivity (Wildman–Crippen MR) is 69.1 cm³/mol. The smallest absolute Gasteiger partial charge is 0.338 e. The number of nitrogens with zero attached hydrogens (tertiary/aromatic N) is 1. The minimum absolute atomic E-state index is 0.240. The molecular formula is C14H16F4N2O. The van der Waals surface area contributed by atoms with Gasteiger partial charge in [-0.1, -0.05) is 6.92 Å². The molecule has 0 aromatic heterocycles. The Kier molecular flexibility index (Phi) is 3.97. The molecule has 1 fully saturated rings. The lowest BCUT2D eigenvalue weighted by atomic mass is 9.90. The lowest BCUT2D eigenvalue weighted by Gasteiger charge is -2.22. The Hall–Kier alpha value is -1.63. The van der Waals surface area contributed by atoms with Gasteiger partial charge in [0.15, 0.2) is 0 Å². The topological polar surface area (TPSA) is 46.3 Å². The van der Waals surface area contributed by atoms with Crippen molar-refractivity contribution in [3.05, 3.63) is 35.1 Å². The van der Waals surface area contributed by atoms with Gasteiger partial charge >= 0.3 is 6.18 Å². The molecule has 3 nitrogen and oxygen atoms in total. The lowest BCUT2D eigenvalue weighted by Crippen LogP contribution is -2.34. The summed E-state index contributed by atoms with van der Waals surface area (Å²) >= 11 is 0. The molecule has 116 valence electrons. The van der Waals surface area contributed by atoms with Crippen molar-refractivity contribution in [3.8, 4) is 0 Å². The van der Waals surface area contributed by atoms with Crippen LogP contribution < -0.4 is 5.73 Å². The van der Waals surface area contributed by atoms with E-state index in [4.69, 9.17) is 5.73 Å². The maximum Gasteiger partial charge on any atom is 0.416 e. The number of nitrogens with two attached hydrogens (primary N) is 1. The quantitative estimate of drug-likeness (QED) is 0.854. The van der Waals surface area contributed by atoms with Crippen LogP contribution in [0.3, 0.4) is 0 Å². The SMILES string of the molecule is CC1(CN)CCN(C(=O)c2cc(F)cc(C(F)(F)F)c2)C1. The van der Waals surface area contributed by atoms with Crippen molar-refractivity contribution in [2.75, 3.05) is 19.6 Å². The summed E-state index contributed by atoms with van der Waals surface area (Å²) in [5.41, 5.74) is 3.94. The summed E-state index contributed by atoms with van der Waals surface area (Å²) in [6.07, 6.45) is -4.01. The second-order valence-corrected chi connectivity index (χ2v) is 5.72. The van der Waals surface area contributed by atoms with Crippen molar-refractivity contribution < 1.29 is 22.4 Å². The van der Waals surface area contributed by atoms with E-state index < -0.39 is 23.5 Å². The highest BCUT2D eigenvalue weighted by molar-refractivity contribution is 5.94. The van der Waals surface area contributed by atoms with Crippen LogP contribution in [-0.4, -0.2) is 30.4 Å². The highest BCUT2D eigenvalue weighted by Crippen LogP contribution is 2.32. The molecule has 0 spiro atoms. The number of carbonyl (C=O) groups excluding carboxylic acids is 1. The molecule has 21 heavy (non-hydrogen) atoms. The fraction of sp³-hybridized carbons (Fsp3) is 0.500. The maximum absolute atomic E-state index is 13.3. The van der Waals surface area contributed by atoms with Gasteiger partial charge in [-0.15, -0.1) is 0 Å². The first-order valence-corrected chi connectivity index (χ1v) is 6.52. The van der Waals surface area contributed by atoms with Gasteiger partial charge in [0.05, 0.1) is 5.56 Å². The van der Waals surface area contributed by atoms with E-state index in [1.807, 2.05) is 6.92 Å². The second kappa shape index (κ2) is 5.29. The van der Waals surface area contributed by atoms with E-state index >= 15 is 0 Å². The van der Waals surface area contributed by atoms with E-state index in [-0.39, 0.29) is 11.0 Å². The minimum atomic E-state index is -4.69. The molecule has 1 unspecified atom stereocenters. The Balaban J connectivity index is 2.26.